The highest BCUT2D eigenvalue weighted by molar-refractivity contribution is 7.99. The molecule has 7 atom stereocenters. The van der Waals surface area contributed by atoms with E-state index in [0.29, 0.717) is 19.3 Å². The lowest BCUT2D eigenvalue weighted by Crippen LogP contribution is -2.45. The van der Waals surface area contributed by atoms with E-state index >= 15 is 0 Å². The maximum atomic E-state index is 13.8. The molecule has 2 heterocycles. The van der Waals surface area contributed by atoms with Gasteiger partial charge in [-0.3, -0.25) is 19.2 Å². The summed E-state index contributed by atoms with van der Waals surface area (Å²) < 4.78 is 17.9. The molecule has 1 saturated heterocycles. The molecule has 2 rings (SSSR count). The summed E-state index contributed by atoms with van der Waals surface area (Å²) in [5, 5.41) is 54.0. The standard InChI is InChI=1S/C56H103N5O11S/c1-4-7-10-13-16-19-22-25-28-31-34-37-49(63)57-46(55(68)58-48-41-61(60-59-48)40-47(62)54-52(66)53(67)56(69)72-54)44-73-43-45(71-51(65)39-36-33-30-27-24-21-18-15-12-9-6-3)42-70-50(64)38-35-32-29-26-23-20-17-14-11-8-5-2/h41,45-47,52-54,56,62,66-67,69H,4-40,42-44H2,1-3H3,(H,57,63)(H,58,68)/t45-,46-,47+,52+,53+,54?,56?/m1/s1. The van der Waals surface area contributed by atoms with Gasteiger partial charge in [0, 0.05) is 30.8 Å². The number of thioether (sulfide) groups is 1. The van der Waals surface area contributed by atoms with Gasteiger partial charge in [0.25, 0.3) is 0 Å². The molecular weight excluding hydrogens is 951 g/mol. The van der Waals surface area contributed by atoms with E-state index in [9.17, 15) is 39.6 Å². The van der Waals surface area contributed by atoms with Crippen LogP contribution in [0.3, 0.4) is 0 Å². The van der Waals surface area contributed by atoms with E-state index in [-0.39, 0.29) is 61.2 Å². The van der Waals surface area contributed by atoms with E-state index in [1.54, 1.807) is 0 Å². The maximum Gasteiger partial charge on any atom is 0.306 e. The molecule has 6 N–H and O–H groups in total. The number of aliphatic hydroxyl groups is 4. The van der Waals surface area contributed by atoms with Crippen LogP contribution in [0.15, 0.2) is 6.20 Å². The van der Waals surface area contributed by atoms with Gasteiger partial charge in [-0.1, -0.05) is 219 Å². The predicted molar refractivity (Wildman–Crippen MR) is 291 cm³/mol. The fourth-order valence-corrected chi connectivity index (χ4v) is 10.2. The number of unbranched alkanes of at least 4 members (excludes halogenated alkanes) is 30. The molecule has 1 aliphatic heterocycles. The summed E-state index contributed by atoms with van der Waals surface area (Å²) in [7, 11) is 0. The SMILES string of the molecule is CCCCCCCCCCCCCC(=O)N[C@H](CSC[C@@H](COC(=O)CCCCCCCCCCCCC)OC(=O)CCCCCCCCCCCCC)C(=O)Nc1cn(C[C@H](O)C2OC(O)[C@@H](O)[C@@H]2O)nn1. The average molecular weight is 1050 g/mol. The smallest absolute Gasteiger partial charge is 0.306 e. The number of carbonyl (C=O) groups is 4. The van der Waals surface area contributed by atoms with Crippen molar-refractivity contribution in [2.24, 2.45) is 0 Å². The molecule has 0 spiro atoms. The highest BCUT2D eigenvalue weighted by Gasteiger charge is 2.45. The van der Waals surface area contributed by atoms with Crippen molar-refractivity contribution in [3.8, 4) is 0 Å². The Bertz CT molecular complexity index is 1540. The average Bonchev–Trinajstić information content (AvgIpc) is 3.92. The number of aromatic nitrogens is 3. The van der Waals surface area contributed by atoms with Crippen molar-refractivity contribution in [1.29, 1.82) is 0 Å². The molecule has 0 saturated carbocycles. The van der Waals surface area contributed by atoms with E-state index in [4.69, 9.17) is 14.2 Å². The zero-order valence-corrected chi connectivity index (χ0v) is 46.6. The van der Waals surface area contributed by atoms with E-state index in [0.717, 1.165) is 57.8 Å². The second kappa shape index (κ2) is 44.3. The zero-order chi connectivity index (χ0) is 53.2. The normalized spacial score (nSPS) is 17.8. The minimum atomic E-state index is -1.65. The number of anilines is 1. The Hall–Kier alpha value is -2.83. The summed E-state index contributed by atoms with van der Waals surface area (Å²) in [5.74, 6) is -1.14. The molecule has 73 heavy (non-hydrogen) atoms. The number of nitrogens with zero attached hydrogens (tertiary/aromatic N) is 3. The highest BCUT2D eigenvalue weighted by atomic mass is 32.2. The van der Waals surface area contributed by atoms with Crippen LogP contribution in [0.5, 0.6) is 0 Å². The van der Waals surface area contributed by atoms with Crippen LogP contribution in [0.1, 0.15) is 252 Å². The molecule has 2 amide bonds. The number of hydrogen-bond donors (Lipinski definition) is 6. The van der Waals surface area contributed by atoms with E-state index < -0.39 is 48.8 Å². The Labute approximate surface area is 444 Å². The third kappa shape index (κ3) is 33.7. The number of nitrogens with one attached hydrogen (secondary N) is 2. The van der Waals surface area contributed by atoms with Crippen LogP contribution in [-0.4, -0.2) is 120 Å². The lowest BCUT2D eigenvalue weighted by Gasteiger charge is -2.21. The minimum absolute atomic E-state index is 0.0405. The highest BCUT2D eigenvalue weighted by Crippen LogP contribution is 2.24. The number of amides is 2. The number of hydrogen-bond acceptors (Lipinski definition) is 14. The van der Waals surface area contributed by atoms with Crippen molar-refractivity contribution in [3.63, 3.8) is 0 Å². The van der Waals surface area contributed by atoms with Gasteiger partial charge in [-0.15, -0.1) is 5.10 Å². The van der Waals surface area contributed by atoms with Crippen molar-refractivity contribution in [1.82, 2.24) is 20.3 Å². The summed E-state index contributed by atoms with van der Waals surface area (Å²) >= 11 is 1.30. The lowest BCUT2D eigenvalue weighted by atomic mass is 10.1. The van der Waals surface area contributed by atoms with Crippen molar-refractivity contribution in [2.75, 3.05) is 23.4 Å². The van der Waals surface area contributed by atoms with Gasteiger partial charge in [0.1, 0.15) is 43.2 Å². The monoisotopic (exact) mass is 1050 g/mol. The van der Waals surface area contributed by atoms with Crippen molar-refractivity contribution >= 4 is 41.3 Å². The first-order valence-electron chi connectivity index (χ1n) is 29.3. The molecule has 424 valence electrons. The van der Waals surface area contributed by atoms with Gasteiger partial charge in [-0.2, -0.15) is 11.8 Å². The maximum absolute atomic E-state index is 13.8. The first kappa shape index (κ1) is 66.3. The quantitative estimate of drug-likeness (QED) is 0.0263. The Kier molecular flexibility index (Phi) is 40.2. The summed E-state index contributed by atoms with van der Waals surface area (Å²) in [5.41, 5.74) is 0. The summed E-state index contributed by atoms with van der Waals surface area (Å²) in [6.45, 7) is 6.35. The van der Waals surface area contributed by atoms with Crippen molar-refractivity contribution in [3.05, 3.63) is 6.20 Å². The molecule has 0 radical (unpaired) electrons. The van der Waals surface area contributed by atoms with E-state index in [2.05, 4.69) is 41.7 Å². The van der Waals surface area contributed by atoms with Crippen molar-refractivity contribution in [2.45, 2.75) is 301 Å². The second-order valence-corrected chi connectivity index (χ2v) is 21.7. The second-order valence-electron chi connectivity index (χ2n) is 20.7. The lowest BCUT2D eigenvalue weighted by molar-refractivity contribution is -0.157. The largest absolute Gasteiger partial charge is 0.462 e. The summed E-state index contributed by atoms with van der Waals surface area (Å²) in [6.07, 6.45) is 32.4. The molecule has 17 heteroatoms. The fourth-order valence-electron chi connectivity index (χ4n) is 9.16. The fraction of sp³-hybridized carbons (Fsp3) is 0.893. The van der Waals surface area contributed by atoms with Gasteiger partial charge in [-0.05, 0) is 19.3 Å². The molecular formula is C56H103N5O11S. The number of aliphatic hydroxyl groups excluding tert-OH is 4. The molecule has 0 bridgehead atoms. The first-order valence-corrected chi connectivity index (χ1v) is 30.4. The third-order valence-corrected chi connectivity index (χ3v) is 14.9. The number of rotatable bonds is 49. The Balaban J connectivity index is 2.00. The Morgan fingerprint density at radius 1 is 0.616 bits per heavy atom. The van der Waals surface area contributed by atoms with E-state index in [1.165, 1.54) is 164 Å². The summed E-state index contributed by atoms with van der Waals surface area (Å²) in [4.78, 5) is 53.2. The molecule has 1 aromatic rings. The number of ether oxygens (including phenoxy) is 3. The van der Waals surface area contributed by atoms with Crippen LogP contribution in [-0.2, 0) is 39.9 Å². The molecule has 1 fully saturated rings. The molecule has 16 nitrogen and oxygen atoms in total. The number of carbonyl (C=O) groups excluding carboxylic acids is 4. The first-order chi connectivity index (χ1) is 35.5. The Morgan fingerprint density at radius 2 is 1.05 bits per heavy atom. The molecule has 1 aromatic heterocycles. The van der Waals surface area contributed by atoms with Gasteiger partial charge in [0.2, 0.25) is 11.8 Å². The Morgan fingerprint density at radius 3 is 1.51 bits per heavy atom. The van der Waals surface area contributed by atoms with Gasteiger partial charge in [-0.25, -0.2) is 4.68 Å². The van der Waals surface area contributed by atoms with Crippen molar-refractivity contribution < 1.29 is 53.8 Å². The van der Waals surface area contributed by atoms with Crippen LogP contribution in [0, 0.1) is 0 Å². The predicted octanol–water partition coefficient (Wildman–Crippen LogP) is 10.8. The van der Waals surface area contributed by atoms with Crippen LogP contribution >= 0.6 is 11.8 Å². The van der Waals surface area contributed by atoms with Gasteiger partial charge >= 0.3 is 11.9 Å². The molecule has 1 aliphatic rings. The van der Waals surface area contributed by atoms with Gasteiger partial charge < -0.3 is 45.3 Å². The van der Waals surface area contributed by atoms with Gasteiger partial charge in [0.05, 0.1) is 12.7 Å². The van der Waals surface area contributed by atoms with Crippen LogP contribution in [0.25, 0.3) is 0 Å². The zero-order valence-electron chi connectivity index (χ0n) is 45.8. The molecule has 0 aliphatic carbocycles. The minimum Gasteiger partial charge on any atom is -0.462 e. The van der Waals surface area contributed by atoms with Crippen LogP contribution in [0.4, 0.5) is 5.82 Å². The summed E-state index contributed by atoms with van der Waals surface area (Å²) in [6, 6.07) is -1.01. The third-order valence-electron chi connectivity index (χ3n) is 13.8. The van der Waals surface area contributed by atoms with Crippen LogP contribution < -0.4 is 10.6 Å². The van der Waals surface area contributed by atoms with Crippen LogP contribution in [0.2, 0.25) is 0 Å². The molecule has 0 aromatic carbocycles. The topological polar surface area (TPSA) is 232 Å². The van der Waals surface area contributed by atoms with Gasteiger partial charge in [0.15, 0.2) is 12.1 Å². The number of esters is 2. The van der Waals surface area contributed by atoms with E-state index in [1.807, 2.05) is 0 Å². The molecule has 2 unspecified atom stereocenters.